The van der Waals surface area contributed by atoms with Gasteiger partial charge in [-0.3, -0.25) is 4.98 Å². The summed E-state index contributed by atoms with van der Waals surface area (Å²) in [5.41, 5.74) is 2.05. The van der Waals surface area contributed by atoms with Gasteiger partial charge in [0.25, 0.3) is 0 Å². The minimum absolute atomic E-state index is 0.341. The Bertz CT molecular complexity index is 566. The topological polar surface area (TPSA) is 63.8 Å². The number of pyridine rings is 1. The van der Waals surface area contributed by atoms with E-state index in [0.717, 1.165) is 23.4 Å². The summed E-state index contributed by atoms with van der Waals surface area (Å²) in [6, 6.07) is 2.38. The molecule has 1 aliphatic rings. The van der Waals surface area contributed by atoms with E-state index in [-0.39, 0.29) is 0 Å². The van der Waals surface area contributed by atoms with Crippen molar-refractivity contribution in [1.82, 2.24) is 20.4 Å². The molecule has 2 atom stereocenters. The van der Waals surface area contributed by atoms with Gasteiger partial charge in [-0.15, -0.1) is 0 Å². The number of hydrogen-bond donors (Lipinski definition) is 1. The molecule has 1 N–H and O–H groups in total. The molecule has 1 fully saturated rings. The zero-order valence-corrected chi connectivity index (χ0v) is 11.3. The minimum Gasteiger partial charge on any atom is -0.339 e. The third kappa shape index (κ3) is 2.26. The molecule has 0 amide bonds. The molecule has 5 heteroatoms. The predicted octanol–water partition coefficient (Wildman–Crippen LogP) is 2.30. The average Bonchev–Trinajstić information content (AvgIpc) is 3.07. The number of nitrogens with one attached hydrogen (secondary N) is 1. The molecule has 1 saturated carbocycles. The molecular weight excluding hydrogens is 240 g/mol. The lowest BCUT2D eigenvalue weighted by Gasteiger charge is -2.14. The molecule has 5 nitrogen and oxygen atoms in total. The van der Waals surface area contributed by atoms with Gasteiger partial charge in [-0.25, -0.2) is 0 Å². The van der Waals surface area contributed by atoms with Gasteiger partial charge in [0.1, 0.15) is 0 Å². The van der Waals surface area contributed by atoms with Crippen molar-refractivity contribution in [1.29, 1.82) is 0 Å². The summed E-state index contributed by atoms with van der Waals surface area (Å²) in [7, 11) is 1.99. The fraction of sp³-hybridized carbons (Fsp3) is 0.500. The monoisotopic (exact) mass is 258 g/mol. The fourth-order valence-electron chi connectivity index (χ4n) is 2.82. The number of rotatable bonds is 3. The first-order chi connectivity index (χ1) is 9.29. The summed E-state index contributed by atoms with van der Waals surface area (Å²) < 4.78 is 5.47. The predicted molar refractivity (Wildman–Crippen MR) is 71.7 cm³/mol. The molecule has 2 heterocycles. The molecule has 1 aliphatic carbocycles. The smallest absolute Gasteiger partial charge is 0.231 e. The third-order valence-corrected chi connectivity index (χ3v) is 3.91. The number of aromatic nitrogens is 3. The number of aryl methyl sites for hydroxylation is 1. The summed E-state index contributed by atoms with van der Waals surface area (Å²) >= 11 is 0. The van der Waals surface area contributed by atoms with Crippen LogP contribution in [0.2, 0.25) is 0 Å². The van der Waals surface area contributed by atoms with Crippen LogP contribution in [-0.4, -0.2) is 28.2 Å². The Morgan fingerprint density at radius 3 is 3.05 bits per heavy atom. The standard InChI is InChI=1S/C14H18N4O/c1-9-8-16-7-6-10(9)13-17-14(19-18-13)11-4-3-5-12(11)15-2/h6-8,11-12,15H,3-5H2,1-2H3. The van der Waals surface area contributed by atoms with Crippen LogP contribution < -0.4 is 5.32 Å². The first-order valence-electron chi connectivity index (χ1n) is 6.71. The minimum atomic E-state index is 0.341. The summed E-state index contributed by atoms with van der Waals surface area (Å²) in [6.07, 6.45) is 7.07. The third-order valence-electron chi connectivity index (χ3n) is 3.91. The second-order valence-electron chi connectivity index (χ2n) is 5.08. The molecule has 3 rings (SSSR count). The Morgan fingerprint density at radius 1 is 1.37 bits per heavy atom. The molecule has 19 heavy (non-hydrogen) atoms. The Hall–Kier alpha value is -1.75. The maximum Gasteiger partial charge on any atom is 0.231 e. The maximum atomic E-state index is 5.47. The zero-order chi connectivity index (χ0) is 13.2. The summed E-state index contributed by atoms with van der Waals surface area (Å²) in [4.78, 5) is 8.66. The Balaban J connectivity index is 1.90. The first kappa shape index (κ1) is 12.3. The number of likely N-dealkylation sites (N-methyl/N-ethyl adjacent to an activating group) is 1. The van der Waals surface area contributed by atoms with Crippen LogP contribution in [0.15, 0.2) is 23.0 Å². The Labute approximate surface area is 112 Å². The van der Waals surface area contributed by atoms with Gasteiger partial charge in [0.05, 0.1) is 5.92 Å². The van der Waals surface area contributed by atoms with Crippen molar-refractivity contribution in [2.45, 2.75) is 38.1 Å². The lowest BCUT2D eigenvalue weighted by atomic mass is 10.0. The van der Waals surface area contributed by atoms with Gasteiger partial charge < -0.3 is 9.84 Å². The lowest BCUT2D eigenvalue weighted by molar-refractivity contribution is 0.335. The highest BCUT2D eigenvalue weighted by Gasteiger charge is 2.31. The molecule has 2 aromatic rings. The van der Waals surface area contributed by atoms with Gasteiger partial charge in [-0.2, -0.15) is 4.98 Å². The van der Waals surface area contributed by atoms with Gasteiger partial charge in [0.15, 0.2) is 0 Å². The van der Waals surface area contributed by atoms with Crippen LogP contribution in [0.25, 0.3) is 11.4 Å². The van der Waals surface area contributed by atoms with Gasteiger partial charge in [0, 0.05) is 24.0 Å². The molecule has 2 aromatic heterocycles. The van der Waals surface area contributed by atoms with Gasteiger partial charge in [-0.1, -0.05) is 11.6 Å². The lowest BCUT2D eigenvalue weighted by Crippen LogP contribution is -2.27. The van der Waals surface area contributed by atoms with E-state index < -0.39 is 0 Å². The molecule has 0 spiro atoms. The highest BCUT2D eigenvalue weighted by molar-refractivity contribution is 5.58. The Morgan fingerprint density at radius 2 is 2.26 bits per heavy atom. The second kappa shape index (κ2) is 5.09. The maximum absolute atomic E-state index is 5.47. The largest absolute Gasteiger partial charge is 0.339 e. The van der Waals surface area contributed by atoms with E-state index >= 15 is 0 Å². The van der Waals surface area contributed by atoms with Crippen molar-refractivity contribution < 1.29 is 4.52 Å². The molecular formula is C14H18N4O. The van der Waals surface area contributed by atoms with E-state index in [1.165, 1.54) is 12.8 Å². The van der Waals surface area contributed by atoms with Gasteiger partial charge in [0.2, 0.25) is 11.7 Å². The van der Waals surface area contributed by atoms with E-state index in [9.17, 15) is 0 Å². The van der Waals surface area contributed by atoms with Crippen molar-refractivity contribution in [2.24, 2.45) is 0 Å². The van der Waals surface area contributed by atoms with Crippen LogP contribution in [0.4, 0.5) is 0 Å². The molecule has 0 bridgehead atoms. The van der Waals surface area contributed by atoms with Crippen LogP contribution in [0.3, 0.4) is 0 Å². The summed E-state index contributed by atoms with van der Waals surface area (Å²) in [5.74, 6) is 1.76. The van der Waals surface area contributed by atoms with E-state index in [1.54, 1.807) is 6.20 Å². The molecule has 0 saturated heterocycles. The van der Waals surface area contributed by atoms with Gasteiger partial charge in [-0.05, 0) is 38.4 Å². The van der Waals surface area contributed by atoms with Crippen molar-refractivity contribution in [3.05, 3.63) is 29.9 Å². The quantitative estimate of drug-likeness (QED) is 0.915. The normalized spacial score (nSPS) is 22.8. The van der Waals surface area contributed by atoms with E-state index in [1.807, 2.05) is 26.2 Å². The van der Waals surface area contributed by atoms with Crippen LogP contribution >= 0.6 is 0 Å². The SMILES string of the molecule is CNC1CCCC1c1nc(-c2ccncc2C)no1. The molecule has 0 aromatic carbocycles. The molecule has 100 valence electrons. The zero-order valence-electron chi connectivity index (χ0n) is 11.3. The van der Waals surface area contributed by atoms with E-state index in [4.69, 9.17) is 4.52 Å². The van der Waals surface area contributed by atoms with Crippen molar-refractivity contribution in [3.8, 4) is 11.4 Å². The van der Waals surface area contributed by atoms with Crippen LogP contribution in [-0.2, 0) is 0 Å². The number of hydrogen-bond acceptors (Lipinski definition) is 5. The molecule has 0 aliphatic heterocycles. The second-order valence-corrected chi connectivity index (χ2v) is 5.08. The van der Waals surface area contributed by atoms with Crippen molar-refractivity contribution in [2.75, 3.05) is 7.05 Å². The van der Waals surface area contributed by atoms with Crippen LogP contribution in [0.1, 0.15) is 36.6 Å². The van der Waals surface area contributed by atoms with Crippen molar-refractivity contribution >= 4 is 0 Å². The molecule has 2 unspecified atom stereocenters. The molecule has 0 radical (unpaired) electrons. The van der Waals surface area contributed by atoms with E-state index in [0.29, 0.717) is 17.8 Å². The first-order valence-corrected chi connectivity index (χ1v) is 6.71. The highest BCUT2D eigenvalue weighted by atomic mass is 16.5. The van der Waals surface area contributed by atoms with Gasteiger partial charge >= 0.3 is 0 Å². The highest BCUT2D eigenvalue weighted by Crippen LogP contribution is 2.34. The average molecular weight is 258 g/mol. The van der Waals surface area contributed by atoms with Crippen LogP contribution in [0.5, 0.6) is 0 Å². The summed E-state index contributed by atoms with van der Waals surface area (Å²) in [5, 5.41) is 7.45. The Kier molecular flexibility index (Phi) is 3.29. The van der Waals surface area contributed by atoms with E-state index in [2.05, 4.69) is 20.4 Å². The van der Waals surface area contributed by atoms with Crippen molar-refractivity contribution in [3.63, 3.8) is 0 Å². The summed E-state index contributed by atoms with van der Waals surface area (Å²) in [6.45, 7) is 2.00. The fourth-order valence-corrected chi connectivity index (χ4v) is 2.82. The number of nitrogens with zero attached hydrogens (tertiary/aromatic N) is 3. The van der Waals surface area contributed by atoms with Crippen LogP contribution in [0, 0.1) is 6.92 Å².